The van der Waals surface area contributed by atoms with Gasteiger partial charge in [0.1, 0.15) is 5.92 Å². The highest BCUT2D eigenvalue weighted by molar-refractivity contribution is 6.06. The molecule has 1 aromatic carbocycles. The average Bonchev–Trinajstić information content (AvgIpc) is 2.77. The van der Waals surface area contributed by atoms with E-state index in [0.717, 1.165) is 12.0 Å². The van der Waals surface area contributed by atoms with E-state index in [9.17, 15) is 19.2 Å². The van der Waals surface area contributed by atoms with Crippen LogP contribution in [0.3, 0.4) is 0 Å². The van der Waals surface area contributed by atoms with Crippen LogP contribution in [0.4, 0.5) is 5.69 Å². The summed E-state index contributed by atoms with van der Waals surface area (Å²) in [5.74, 6) is -4.41. The van der Waals surface area contributed by atoms with Gasteiger partial charge in [-0.05, 0) is 51.8 Å². The molecule has 1 heterocycles. The van der Waals surface area contributed by atoms with Crippen molar-refractivity contribution in [2.24, 2.45) is 5.92 Å². The molecule has 1 amide bonds. The standard InChI is InChI=1S/C24H30N2O7/c1-6-16-9-11-17(12-10-16)26-18(27)13-33-24(30)21-19(22(28)31-7-2)14(4)25-15(5)20(21)23(29)32-8-3/h9-12,21,25H,6-8,13H2,1-5H3,(H,26,27). The molecule has 0 atom stereocenters. The average molecular weight is 459 g/mol. The number of carbonyl (C=O) groups is 4. The molecule has 0 saturated carbocycles. The van der Waals surface area contributed by atoms with Gasteiger partial charge in [-0.3, -0.25) is 9.59 Å². The van der Waals surface area contributed by atoms with Crippen molar-refractivity contribution in [2.45, 2.75) is 41.0 Å². The second-order valence-electron chi connectivity index (χ2n) is 7.28. The summed E-state index contributed by atoms with van der Waals surface area (Å²) in [5, 5.41) is 5.56. The smallest absolute Gasteiger partial charge is 0.337 e. The zero-order valence-corrected chi connectivity index (χ0v) is 19.6. The summed E-state index contributed by atoms with van der Waals surface area (Å²) in [6.07, 6.45) is 0.869. The zero-order chi connectivity index (χ0) is 24.5. The molecule has 0 fully saturated rings. The molecule has 178 valence electrons. The molecule has 0 bridgehead atoms. The third-order valence-corrected chi connectivity index (χ3v) is 4.98. The molecular weight excluding hydrogens is 428 g/mol. The lowest BCUT2D eigenvalue weighted by Gasteiger charge is -2.28. The zero-order valence-electron chi connectivity index (χ0n) is 19.6. The van der Waals surface area contributed by atoms with Gasteiger partial charge in [0, 0.05) is 17.1 Å². The maximum Gasteiger partial charge on any atom is 0.337 e. The summed E-state index contributed by atoms with van der Waals surface area (Å²) >= 11 is 0. The predicted molar refractivity (Wildman–Crippen MR) is 121 cm³/mol. The Bertz CT molecular complexity index is 937. The van der Waals surface area contributed by atoms with Crippen LogP contribution in [0.1, 0.15) is 40.2 Å². The van der Waals surface area contributed by atoms with Crippen LogP contribution >= 0.6 is 0 Å². The van der Waals surface area contributed by atoms with Crippen molar-refractivity contribution in [1.29, 1.82) is 0 Å². The van der Waals surface area contributed by atoms with Gasteiger partial charge < -0.3 is 24.8 Å². The van der Waals surface area contributed by atoms with Crippen molar-refractivity contribution < 1.29 is 33.4 Å². The number of rotatable bonds is 9. The number of amides is 1. The lowest BCUT2D eigenvalue weighted by atomic mass is 9.85. The van der Waals surface area contributed by atoms with Gasteiger partial charge in [-0.2, -0.15) is 0 Å². The lowest BCUT2D eigenvalue weighted by molar-refractivity contribution is -0.153. The number of anilines is 1. The molecule has 9 nitrogen and oxygen atoms in total. The van der Waals surface area contributed by atoms with Crippen molar-refractivity contribution >= 4 is 29.5 Å². The quantitative estimate of drug-likeness (QED) is 0.428. The van der Waals surface area contributed by atoms with Gasteiger partial charge in [-0.25, -0.2) is 9.59 Å². The Morgan fingerprint density at radius 3 is 1.82 bits per heavy atom. The SMILES string of the molecule is CCOC(=O)C1=C(C)NC(C)=C(C(=O)OCC)C1C(=O)OCC(=O)Nc1ccc(CC)cc1. The number of hydrogen-bond donors (Lipinski definition) is 2. The molecule has 33 heavy (non-hydrogen) atoms. The van der Waals surface area contributed by atoms with Crippen LogP contribution < -0.4 is 10.6 Å². The van der Waals surface area contributed by atoms with Crippen molar-refractivity contribution in [1.82, 2.24) is 5.32 Å². The monoisotopic (exact) mass is 458 g/mol. The van der Waals surface area contributed by atoms with Crippen molar-refractivity contribution in [3.63, 3.8) is 0 Å². The third kappa shape index (κ3) is 6.44. The summed E-state index contributed by atoms with van der Waals surface area (Å²) in [4.78, 5) is 50.6. The number of hydrogen-bond acceptors (Lipinski definition) is 8. The van der Waals surface area contributed by atoms with Crippen LogP contribution in [0.5, 0.6) is 0 Å². The number of esters is 3. The first kappa shape index (κ1) is 25.6. The van der Waals surface area contributed by atoms with Crippen LogP contribution in [0.25, 0.3) is 0 Å². The molecule has 1 aromatic rings. The minimum Gasteiger partial charge on any atom is -0.463 e. The van der Waals surface area contributed by atoms with Crippen molar-refractivity contribution in [3.05, 3.63) is 52.4 Å². The fourth-order valence-corrected chi connectivity index (χ4v) is 3.43. The van der Waals surface area contributed by atoms with Gasteiger partial charge in [0.2, 0.25) is 0 Å². The number of ether oxygens (including phenoxy) is 3. The van der Waals surface area contributed by atoms with Crippen LogP contribution in [0, 0.1) is 5.92 Å². The van der Waals surface area contributed by atoms with Gasteiger partial charge in [0.25, 0.3) is 5.91 Å². The Balaban J connectivity index is 2.22. The van der Waals surface area contributed by atoms with Gasteiger partial charge >= 0.3 is 17.9 Å². The molecule has 0 aliphatic carbocycles. The number of benzene rings is 1. The van der Waals surface area contributed by atoms with Gasteiger partial charge in [-0.1, -0.05) is 19.1 Å². The van der Waals surface area contributed by atoms with E-state index >= 15 is 0 Å². The molecule has 0 spiro atoms. The second kappa shape index (κ2) is 11.8. The topological polar surface area (TPSA) is 120 Å². The number of dihydropyridines is 1. The van der Waals surface area contributed by atoms with E-state index in [-0.39, 0.29) is 24.4 Å². The molecule has 1 aliphatic heterocycles. The Kier molecular flexibility index (Phi) is 9.20. The van der Waals surface area contributed by atoms with Crippen LogP contribution in [0.15, 0.2) is 46.8 Å². The molecule has 0 saturated heterocycles. The Hall–Kier alpha value is -3.62. The number of carbonyl (C=O) groups excluding carboxylic acids is 4. The summed E-state index contributed by atoms with van der Waals surface area (Å²) in [7, 11) is 0. The summed E-state index contributed by atoms with van der Waals surface area (Å²) in [6, 6.07) is 7.27. The second-order valence-corrected chi connectivity index (χ2v) is 7.28. The number of nitrogens with one attached hydrogen (secondary N) is 2. The van der Waals surface area contributed by atoms with Crippen LogP contribution in [-0.4, -0.2) is 43.6 Å². The molecular formula is C24H30N2O7. The Morgan fingerprint density at radius 2 is 1.36 bits per heavy atom. The first-order valence-electron chi connectivity index (χ1n) is 10.8. The number of allylic oxidation sites excluding steroid dienone is 2. The van der Waals surface area contributed by atoms with E-state index in [1.807, 2.05) is 19.1 Å². The lowest BCUT2D eigenvalue weighted by Crippen LogP contribution is -2.39. The highest BCUT2D eigenvalue weighted by Crippen LogP contribution is 2.32. The molecule has 1 aliphatic rings. The van der Waals surface area contributed by atoms with Gasteiger partial charge in [0.15, 0.2) is 6.61 Å². The van der Waals surface area contributed by atoms with Gasteiger partial charge in [-0.15, -0.1) is 0 Å². The predicted octanol–water partition coefficient (Wildman–Crippen LogP) is 2.62. The summed E-state index contributed by atoms with van der Waals surface area (Å²) in [5.41, 5.74) is 2.24. The van der Waals surface area contributed by atoms with E-state index < -0.39 is 36.3 Å². The maximum absolute atomic E-state index is 13.1. The van der Waals surface area contributed by atoms with Crippen LogP contribution in [-0.2, 0) is 39.8 Å². The third-order valence-electron chi connectivity index (χ3n) is 4.98. The van der Waals surface area contributed by atoms with E-state index in [2.05, 4.69) is 10.6 Å². The first-order chi connectivity index (χ1) is 15.7. The largest absolute Gasteiger partial charge is 0.463 e. The summed E-state index contributed by atoms with van der Waals surface area (Å²) < 4.78 is 15.4. The maximum atomic E-state index is 13.1. The fraction of sp³-hybridized carbons (Fsp3) is 0.417. The molecule has 0 radical (unpaired) electrons. The highest BCUT2D eigenvalue weighted by atomic mass is 16.5. The van der Waals surface area contributed by atoms with Crippen LogP contribution in [0.2, 0.25) is 0 Å². The molecule has 0 unspecified atom stereocenters. The minimum atomic E-state index is -1.39. The Morgan fingerprint density at radius 1 is 0.848 bits per heavy atom. The molecule has 2 rings (SSSR count). The number of aryl methyl sites for hydroxylation is 1. The van der Waals surface area contributed by atoms with Crippen molar-refractivity contribution in [2.75, 3.05) is 25.1 Å². The van der Waals surface area contributed by atoms with E-state index in [1.165, 1.54) is 0 Å². The molecule has 0 aromatic heterocycles. The Labute approximate surface area is 193 Å². The normalized spacial score (nSPS) is 13.8. The first-order valence-corrected chi connectivity index (χ1v) is 10.8. The molecule has 2 N–H and O–H groups in total. The molecule has 9 heteroatoms. The minimum absolute atomic E-state index is 0.0638. The van der Waals surface area contributed by atoms with E-state index in [4.69, 9.17) is 14.2 Å². The summed E-state index contributed by atoms with van der Waals surface area (Å²) in [6.45, 7) is 8.01. The van der Waals surface area contributed by atoms with Gasteiger partial charge in [0.05, 0.1) is 24.4 Å². The highest BCUT2D eigenvalue weighted by Gasteiger charge is 2.42. The fourth-order valence-electron chi connectivity index (χ4n) is 3.43. The van der Waals surface area contributed by atoms with E-state index in [1.54, 1.807) is 39.8 Å². The van der Waals surface area contributed by atoms with E-state index in [0.29, 0.717) is 17.1 Å². The van der Waals surface area contributed by atoms with Crippen molar-refractivity contribution in [3.8, 4) is 0 Å².